The first-order valence-corrected chi connectivity index (χ1v) is 8.49. The fourth-order valence-electron chi connectivity index (χ4n) is 4.18. The molecular formula is C17H27N3O3. The number of hydrogen-bond acceptors (Lipinski definition) is 4. The summed E-state index contributed by atoms with van der Waals surface area (Å²) in [4.78, 5) is 14.4. The number of aryl methyl sites for hydroxylation is 2. The van der Waals surface area contributed by atoms with Crippen molar-refractivity contribution in [1.82, 2.24) is 14.7 Å². The summed E-state index contributed by atoms with van der Waals surface area (Å²) in [5.74, 6) is 0.837. The van der Waals surface area contributed by atoms with E-state index < -0.39 is 12.2 Å². The summed E-state index contributed by atoms with van der Waals surface area (Å²) in [5.41, 5.74) is 3.29. The normalized spacial score (nSPS) is 30.6. The molecule has 2 aliphatic rings. The van der Waals surface area contributed by atoms with Crippen LogP contribution in [0.2, 0.25) is 0 Å². The van der Waals surface area contributed by atoms with E-state index in [1.165, 1.54) is 5.56 Å². The SMILES string of the molecule is Cc1nn(C)c(C)c1CCC(=O)N1C[C@H]2C[C@H](O)[C@@H](O)C[C@H]2C1. The number of amides is 1. The quantitative estimate of drug-likeness (QED) is 0.853. The van der Waals surface area contributed by atoms with Gasteiger partial charge in [-0.2, -0.15) is 5.10 Å². The molecule has 0 radical (unpaired) electrons. The lowest BCUT2D eigenvalue weighted by molar-refractivity contribution is -0.130. The second-order valence-electron chi connectivity index (χ2n) is 7.20. The number of rotatable bonds is 3. The first kappa shape index (κ1) is 16.5. The minimum absolute atomic E-state index is 0.172. The van der Waals surface area contributed by atoms with Crippen molar-refractivity contribution in [3.05, 3.63) is 17.0 Å². The highest BCUT2D eigenvalue weighted by Gasteiger charge is 2.42. The first-order chi connectivity index (χ1) is 10.9. The van der Waals surface area contributed by atoms with E-state index in [4.69, 9.17) is 0 Å². The van der Waals surface area contributed by atoms with Gasteiger partial charge in [-0.15, -0.1) is 0 Å². The fourth-order valence-corrected chi connectivity index (χ4v) is 4.18. The van der Waals surface area contributed by atoms with Gasteiger partial charge in [-0.3, -0.25) is 9.48 Å². The molecular weight excluding hydrogens is 294 g/mol. The number of nitrogens with zero attached hydrogens (tertiary/aromatic N) is 3. The highest BCUT2D eigenvalue weighted by molar-refractivity contribution is 5.76. The zero-order valence-electron chi connectivity index (χ0n) is 14.2. The highest BCUT2D eigenvalue weighted by Crippen LogP contribution is 2.36. The lowest BCUT2D eigenvalue weighted by Crippen LogP contribution is -2.38. The van der Waals surface area contributed by atoms with Gasteiger partial charge in [0.2, 0.25) is 5.91 Å². The molecule has 1 aliphatic heterocycles. The third kappa shape index (κ3) is 3.15. The van der Waals surface area contributed by atoms with Crippen LogP contribution in [0.4, 0.5) is 0 Å². The number of fused-ring (bicyclic) bond motifs is 1. The molecule has 2 heterocycles. The molecule has 0 aromatic carbocycles. The van der Waals surface area contributed by atoms with Crippen LogP contribution in [0.3, 0.4) is 0 Å². The molecule has 6 heteroatoms. The van der Waals surface area contributed by atoms with Crippen molar-refractivity contribution < 1.29 is 15.0 Å². The minimum atomic E-state index is -0.632. The molecule has 1 aromatic rings. The molecule has 1 saturated heterocycles. The van der Waals surface area contributed by atoms with Gasteiger partial charge in [0.1, 0.15) is 0 Å². The smallest absolute Gasteiger partial charge is 0.222 e. The summed E-state index contributed by atoms with van der Waals surface area (Å²) < 4.78 is 1.86. The molecule has 1 amide bonds. The lowest BCUT2D eigenvalue weighted by atomic mass is 9.79. The van der Waals surface area contributed by atoms with E-state index in [0.29, 0.717) is 31.1 Å². The van der Waals surface area contributed by atoms with Crippen molar-refractivity contribution in [3.8, 4) is 0 Å². The number of aromatic nitrogens is 2. The van der Waals surface area contributed by atoms with Crippen LogP contribution in [0.1, 0.15) is 36.2 Å². The molecule has 0 unspecified atom stereocenters. The van der Waals surface area contributed by atoms with Gasteiger partial charge in [0.25, 0.3) is 0 Å². The molecule has 2 N–H and O–H groups in total. The van der Waals surface area contributed by atoms with Crippen molar-refractivity contribution in [1.29, 1.82) is 0 Å². The third-order valence-corrected chi connectivity index (χ3v) is 5.71. The predicted octanol–water partition coefficient (Wildman–Crippen LogP) is 0.560. The van der Waals surface area contributed by atoms with Crippen LogP contribution in [0.15, 0.2) is 0 Å². The van der Waals surface area contributed by atoms with E-state index in [1.807, 2.05) is 30.5 Å². The molecule has 1 saturated carbocycles. The van der Waals surface area contributed by atoms with Gasteiger partial charge in [0.15, 0.2) is 0 Å². The summed E-state index contributed by atoms with van der Waals surface area (Å²) in [7, 11) is 1.93. The molecule has 128 valence electrons. The zero-order chi connectivity index (χ0) is 16.7. The lowest BCUT2D eigenvalue weighted by Gasteiger charge is -2.31. The van der Waals surface area contributed by atoms with Gasteiger partial charge in [-0.05, 0) is 50.5 Å². The van der Waals surface area contributed by atoms with Crippen LogP contribution in [-0.2, 0) is 18.3 Å². The van der Waals surface area contributed by atoms with Crippen LogP contribution in [0.5, 0.6) is 0 Å². The zero-order valence-corrected chi connectivity index (χ0v) is 14.2. The molecule has 0 bridgehead atoms. The van der Waals surface area contributed by atoms with E-state index in [2.05, 4.69) is 5.10 Å². The van der Waals surface area contributed by atoms with E-state index >= 15 is 0 Å². The summed E-state index contributed by atoms with van der Waals surface area (Å²) in [6.45, 7) is 5.46. The summed E-state index contributed by atoms with van der Waals surface area (Å²) in [6, 6.07) is 0. The highest BCUT2D eigenvalue weighted by atomic mass is 16.3. The predicted molar refractivity (Wildman–Crippen MR) is 85.8 cm³/mol. The van der Waals surface area contributed by atoms with Crippen molar-refractivity contribution in [2.24, 2.45) is 18.9 Å². The number of carbonyl (C=O) groups is 1. The standard InChI is InChI=1S/C17H27N3O3/c1-10-14(11(2)19(3)18-10)4-5-17(23)20-8-12-6-15(21)16(22)7-13(12)9-20/h12-13,15-16,21-22H,4-9H2,1-3H3/t12-,13+,15-,16-/m0/s1. The average Bonchev–Trinajstić information content (AvgIpc) is 2.99. The van der Waals surface area contributed by atoms with Gasteiger partial charge >= 0.3 is 0 Å². The van der Waals surface area contributed by atoms with Gasteiger partial charge in [-0.25, -0.2) is 0 Å². The van der Waals surface area contributed by atoms with E-state index in [0.717, 1.165) is 30.9 Å². The fraction of sp³-hybridized carbons (Fsp3) is 0.765. The Morgan fingerprint density at radius 3 is 2.22 bits per heavy atom. The van der Waals surface area contributed by atoms with Gasteiger partial charge in [0, 0.05) is 32.3 Å². The van der Waals surface area contributed by atoms with E-state index in [9.17, 15) is 15.0 Å². The Balaban J connectivity index is 1.57. The van der Waals surface area contributed by atoms with Crippen LogP contribution in [0, 0.1) is 25.7 Å². The molecule has 2 fully saturated rings. The monoisotopic (exact) mass is 321 g/mol. The topological polar surface area (TPSA) is 78.6 Å². The summed E-state index contributed by atoms with van der Waals surface area (Å²) >= 11 is 0. The Morgan fingerprint density at radius 1 is 1.17 bits per heavy atom. The Hall–Kier alpha value is -1.40. The molecule has 3 rings (SSSR count). The maximum absolute atomic E-state index is 12.5. The maximum atomic E-state index is 12.5. The Kier molecular flexibility index (Phi) is 4.47. The van der Waals surface area contributed by atoms with Gasteiger partial charge in [0.05, 0.1) is 17.9 Å². The van der Waals surface area contributed by atoms with Crippen LogP contribution >= 0.6 is 0 Å². The number of carbonyl (C=O) groups excluding carboxylic acids is 1. The second-order valence-corrected chi connectivity index (χ2v) is 7.20. The van der Waals surface area contributed by atoms with E-state index in [-0.39, 0.29) is 5.91 Å². The van der Waals surface area contributed by atoms with Gasteiger partial charge in [-0.1, -0.05) is 0 Å². The molecule has 6 nitrogen and oxygen atoms in total. The first-order valence-electron chi connectivity index (χ1n) is 8.49. The van der Waals surface area contributed by atoms with E-state index in [1.54, 1.807) is 0 Å². The number of hydrogen-bond donors (Lipinski definition) is 2. The Labute approximate surface area is 137 Å². The number of aliphatic hydroxyl groups is 2. The number of likely N-dealkylation sites (tertiary alicyclic amines) is 1. The van der Waals surface area contributed by atoms with Crippen LogP contribution < -0.4 is 0 Å². The molecule has 1 aromatic heterocycles. The number of aliphatic hydroxyl groups excluding tert-OH is 2. The third-order valence-electron chi connectivity index (χ3n) is 5.71. The molecule has 0 spiro atoms. The second kappa shape index (κ2) is 6.24. The van der Waals surface area contributed by atoms with Gasteiger partial charge < -0.3 is 15.1 Å². The largest absolute Gasteiger partial charge is 0.390 e. The van der Waals surface area contributed by atoms with Crippen molar-refractivity contribution in [2.75, 3.05) is 13.1 Å². The van der Waals surface area contributed by atoms with Crippen molar-refractivity contribution in [3.63, 3.8) is 0 Å². The Morgan fingerprint density at radius 2 is 1.74 bits per heavy atom. The summed E-state index contributed by atoms with van der Waals surface area (Å²) in [5, 5.41) is 24.0. The molecule has 23 heavy (non-hydrogen) atoms. The Bertz CT molecular complexity index is 580. The summed E-state index contributed by atoms with van der Waals surface area (Å²) in [6.07, 6.45) is 1.17. The van der Waals surface area contributed by atoms with Crippen molar-refractivity contribution >= 4 is 5.91 Å². The van der Waals surface area contributed by atoms with Crippen LogP contribution in [-0.4, -0.2) is 56.1 Å². The van der Waals surface area contributed by atoms with Crippen LogP contribution in [0.25, 0.3) is 0 Å². The molecule has 1 aliphatic carbocycles. The average molecular weight is 321 g/mol. The minimum Gasteiger partial charge on any atom is -0.390 e. The molecule has 4 atom stereocenters. The van der Waals surface area contributed by atoms with Crippen molar-refractivity contribution in [2.45, 2.75) is 51.7 Å². The maximum Gasteiger partial charge on any atom is 0.222 e.